The van der Waals surface area contributed by atoms with E-state index in [0.717, 1.165) is 44.9 Å². The maximum atomic E-state index is 11.5. The molecule has 0 saturated heterocycles. The maximum absolute atomic E-state index is 11.5. The van der Waals surface area contributed by atoms with Crippen LogP contribution in [0.5, 0.6) is 0 Å². The van der Waals surface area contributed by atoms with E-state index in [-0.39, 0.29) is 6.61 Å². The summed E-state index contributed by atoms with van der Waals surface area (Å²) in [4.78, 5) is 11.5. The number of ketones is 1. The molecule has 0 heterocycles. The molecule has 0 saturated carbocycles. The van der Waals surface area contributed by atoms with Crippen molar-refractivity contribution in [2.45, 2.75) is 77.6 Å². The first-order valence-corrected chi connectivity index (χ1v) is 7.58. The number of hydrogen-bond donors (Lipinski definition) is 1. The van der Waals surface area contributed by atoms with Crippen molar-refractivity contribution in [1.82, 2.24) is 0 Å². The summed E-state index contributed by atoms with van der Waals surface area (Å²) in [5.41, 5.74) is 0. The lowest BCUT2D eigenvalue weighted by atomic mass is 10.1. The van der Waals surface area contributed by atoms with Crippen molar-refractivity contribution < 1.29 is 9.90 Å². The monoisotopic (exact) mass is 254 g/mol. The molecule has 0 aromatic carbocycles. The molecule has 0 fully saturated rings. The molecule has 2 nitrogen and oxygen atoms in total. The van der Waals surface area contributed by atoms with Gasteiger partial charge in [0, 0.05) is 19.4 Å². The molecule has 0 spiro atoms. The zero-order chi connectivity index (χ0) is 13.5. The first-order chi connectivity index (χ1) is 8.81. The van der Waals surface area contributed by atoms with E-state index in [4.69, 9.17) is 5.11 Å². The first kappa shape index (κ1) is 17.4. The van der Waals surface area contributed by atoms with Gasteiger partial charge in [0.05, 0.1) is 0 Å². The van der Waals surface area contributed by atoms with Crippen LogP contribution in [-0.4, -0.2) is 17.5 Å². The second kappa shape index (κ2) is 14.4. The van der Waals surface area contributed by atoms with Crippen molar-refractivity contribution in [3.05, 3.63) is 12.2 Å². The lowest BCUT2D eigenvalue weighted by molar-refractivity contribution is -0.119. The zero-order valence-electron chi connectivity index (χ0n) is 12.0. The quantitative estimate of drug-likeness (QED) is 0.390. The van der Waals surface area contributed by atoms with Crippen molar-refractivity contribution in [3.63, 3.8) is 0 Å². The highest BCUT2D eigenvalue weighted by atomic mass is 16.2. The molecule has 0 aliphatic rings. The molecule has 0 aromatic rings. The van der Waals surface area contributed by atoms with Crippen LogP contribution < -0.4 is 0 Å². The highest BCUT2D eigenvalue weighted by molar-refractivity contribution is 5.78. The van der Waals surface area contributed by atoms with Crippen LogP contribution in [0.25, 0.3) is 0 Å². The SMILES string of the molecule is CCCCC/C=C/CCC(=O)CCCCCCO. The predicted octanol–water partition coefficient (Wildman–Crippen LogP) is 4.42. The first-order valence-electron chi connectivity index (χ1n) is 7.58. The Morgan fingerprint density at radius 1 is 0.889 bits per heavy atom. The van der Waals surface area contributed by atoms with Crippen molar-refractivity contribution in [3.8, 4) is 0 Å². The minimum Gasteiger partial charge on any atom is -0.396 e. The normalized spacial score (nSPS) is 11.2. The number of aliphatic hydroxyl groups is 1. The van der Waals surface area contributed by atoms with Crippen molar-refractivity contribution in [2.75, 3.05) is 6.61 Å². The fourth-order valence-electron chi connectivity index (χ4n) is 1.90. The average Bonchev–Trinajstić information content (AvgIpc) is 2.37. The van der Waals surface area contributed by atoms with Gasteiger partial charge in [0.15, 0.2) is 0 Å². The van der Waals surface area contributed by atoms with Crippen LogP contribution in [-0.2, 0) is 4.79 Å². The Balaban J connectivity index is 3.26. The highest BCUT2D eigenvalue weighted by Gasteiger charge is 1.99. The summed E-state index contributed by atoms with van der Waals surface area (Å²) in [7, 11) is 0. The van der Waals surface area contributed by atoms with Crippen molar-refractivity contribution in [2.24, 2.45) is 0 Å². The van der Waals surface area contributed by atoms with Crippen LogP contribution in [0.1, 0.15) is 77.6 Å². The molecule has 0 aromatic heterocycles. The summed E-state index contributed by atoms with van der Waals surface area (Å²) in [5.74, 6) is 0.386. The van der Waals surface area contributed by atoms with Gasteiger partial charge in [0.2, 0.25) is 0 Å². The van der Waals surface area contributed by atoms with E-state index in [1.807, 2.05) is 0 Å². The standard InChI is InChI=1S/C16H30O2/c1-2-3-4-5-6-7-10-13-16(18)14-11-8-9-12-15-17/h6-7,17H,2-5,8-15H2,1H3/b7-6+. The summed E-state index contributed by atoms with van der Waals surface area (Å²) < 4.78 is 0. The van der Waals surface area contributed by atoms with E-state index in [2.05, 4.69) is 19.1 Å². The molecule has 106 valence electrons. The molecule has 0 aliphatic heterocycles. The van der Waals surface area contributed by atoms with Gasteiger partial charge in [-0.05, 0) is 32.1 Å². The Bertz CT molecular complexity index is 209. The van der Waals surface area contributed by atoms with E-state index >= 15 is 0 Å². The Kier molecular flexibility index (Phi) is 13.9. The molecule has 0 unspecified atom stereocenters. The fourth-order valence-corrected chi connectivity index (χ4v) is 1.90. The second-order valence-corrected chi connectivity index (χ2v) is 4.93. The summed E-state index contributed by atoms with van der Waals surface area (Å²) in [6.45, 7) is 2.49. The van der Waals surface area contributed by atoms with Gasteiger partial charge in [-0.25, -0.2) is 0 Å². The number of aliphatic hydroxyl groups excluding tert-OH is 1. The molecule has 18 heavy (non-hydrogen) atoms. The van der Waals surface area contributed by atoms with Crippen LogP contribution in [0, 0.1) is 0 Å². The van der Waals surface area contributed by atoms with Crippen LogP contribution in [0.3, 0.4) is 0 Å². The van der Waals surface area contributed by atoms with Gasteiger partial charge in [0.25, 0.3) is 0 Å². The molecule has 0 rings (SSSR count). The van der Waals surface area contributed by atoms with E-state index in [1.54, 1.807) is 0 Å². The second-order valence-electron chi connectivity index (χ2n) is 4.93. The minimum absolute atomic E-state index is 0.275. The lowest BCUT2D eigenvalue weighted by Crippen LogP contribution is -1.96. The number of allylic oxidation sites excluding steroid dienone is 2. The molecule has 0 aliphatic carbocycles. The Morgan fingerprint density at radius 3 is 2.33 bits per heavy atom. The zero-order valence-corrected chi connectivity index (χ0v) is 12.0. The summed E-state index contributed by atoms with van der Waals surface area (Å²) in [6.07, 6.45) is 15.6. The predicted molar refractivity (Wildman–Crippen MR) is 77.7 cm³/mol. The minimum atomic E-state index is 0.275. The van der Waals surface area contributed by atoms with E-state index < -0.39 is 0 Å². The molecule has 0 bridgehead atoms. The van der Waals surface area contributed by atoms with Gasteiger partial charge in [-0.15, -0.1) is 0 Å². The van der Waals surface area contributed by atoms with Crippen LogP contribution in [0.2, 0.25) is 0 Å². The molecule has 2 heteroatoms. The van der Waals surface area contributed by atoms with Crippen LogP contribution in [0.15, 0.2) is 12.2 Å². The third-order valence-corrected chi connectivity index (χ3v) is 3.09. The summed E-state index contributed by atoms with van der Waals surface area (Å²) >= 11 is 0. The van der Waals surface area contributed by atoms with Gasteiger partial charge >= 0.3 is 0 Å². The van der Waals surface area contributed by atoms with E-state index in [1.165, 1.54) is 19.3 Å². The van der Waals surface area contributed by atoms with E-state index in [9.17, 15) is 4.79 Å². The highest BCUT2D eigenvalue weighted by Crippen LogP contribution is 2.06. The number of Topliss-reactive ketones (excluding diaryl/α,β-unsaturated/α-hetero) is 1. The molecular weight excluding hydrogens is 224 g/mol. The van der Waals surface area contributed by atoms with Gasteiger partial charge in [0.1, 0.15) is 5.78 Å². The van der Waals surface area contributed by atoms with E-state index in [0.29, 0.717) is 12.2 Å². The van der Waals surface area contributed by atoms with Gasteiger partial charge in [-0.1, -0.05) is 44.8 Å². The molecule has 0 amide bonds. The van der Waals surface area contributed by atoms with Crippen LogP contribution >= 0.6 is 0 Å². The number of rotatable bonds is 13. The Morgan fingerprint density at radius 2 is 1.61 bits per heavy atom. The van der Waals surface area contributed by atoms with Gasteiger partial charge < -0.3 is 5.11 Å². The van der Waals surface area contributed by atoms with Gasteiger partial charge in [-0.2, -0.15) is 0 Å². The smallest absolute Gasteiger partial charge is 0.133 e. The Hall–Kier alpha value is -0.630. The summed E-state index contributed by atoms with van der Waals surface area (Å²) in [5, 5.41) is 8.62. The average molecular weight is 254 g/mol. The molecule has 1 N–H and O–H groups in total. The third-order valence-electron chi connectivity index (χ3n) is 3.09. The number of hydrogen-bond acceptors (Lipinski definition) is 2. The molecular formula is C16H30O2. The number of unbranched alkanes of at least 4 members (excludes halogenated alkanes) is 6. The Labute approximate surface area is 112 Å². The maximum Gasteiger partial charge on any atom is 0.133 e. The molecule has 0 radical (unpaired) electrons. The van der Waals surface area contributed by atoms with Crippen molar-refractivity contribution >= 4 is 5.78 Å². The lowest BCUT2D eigenvalue weighted by Gasteiger charge is -1.99. The molecule has 0 atom stereocenters. The topological polar surface area (TPSA) is 37.3 Å². The largest absolute Gasteiger partial charge is 0.396 e. The summed E-state index contributed by atoms with van der Waals surface area (Å²) in [6, 6.07) is 0. The fraction of sp³-hybridized carbons (Fsp3) is 0.812. The third kappa shape index (κ3) is 13.4. The van der Waals surface area contributed by atoms with Crippen molar-refractivity contribution in [1.29, 1.82) is 0 Å². The number of carbonyl (C=O) groups excluding carboxylic acids is 1. The number of carbonyl (C=O) groups is 1. The van der Waals surface area contributed by atoms with Crippen LogP contribution in [0.4, 0.5) is 0 Å². The van der Waals surface area contributed by atoms with Gasteiger partial charge in [-0.3, -0.25) is 4.79 Å².